The monoisotopic (exact) mass is 317 g/mol. The van der Waals surface area contributed by atoms with Gasteiger partial charge in [0, 0.05) is 7.05 Å². The molecule has 0 aliphatic heterocycles. The fourth-order valence-corrected chi connectivity index (χ4v) is 3.01. The first kappa shape index (κ1) is 14.9. The Balaban J connectivity index is 2.58. The summed E-state index contributed by atoms with van der Waals surface area (Å²) in [6.45, 7) is 0. The molecule has 9 heteroatoms. The molecule has 0 aliphatic rings. The molecule has 0 atom stereocenters. The normalized spacial score (nSPS) is 12.7. The molecule has 108 valence electrons. The summed E-state index contributed by atoms with van der Waals surface area (Å²) >= 11 is 0. The topological polar surface area (TPSA) is 110 Å². The smallest absolute Gasteiger partial charge is 0.282 e. The van der Waals surface area contributed by atoms with Gasteiger partial charge in [-0.1, -0.05) is 12.1 Å². The molecule has 20 heavy (non-hydrogen) atoms. The van der Waals surface area contributed by atoms with E-state index in [0.717, 1.165) is 0 Å². The van der Waals surface area contributed by atoms with Gasteiger partial charge in [-0.05, 0) is 35.0 Å². The van der Waals surface area contributed by atoms with Crippen LogP contribution < -0.4 is 5.48 Å². The summed E-state index contributed by atoms with van der Waals surface area (Å²) in [4.78, 5) is -0.328. The Bertz CT molecular complexity index is 858. The molecule has 2 aromatic carbocycles. The van der Waals surface area contributed by atoms with Gasteiger partial charge in [-0.3, -0.25) is 4.55 Å². The van der Waals surface area contributed by atoms with Crippen LogP contribution >= 0.6 is 0 Å². The van der Waals surface area contributed by atoms with Gasteiger partial charge in [0.25, 0.3) is 10.1 Å². The zero-order valence-electron chi connectivity index (χ0n) is 10.3. The van der Waals surface area contributed by atoms with Gasteiger partial charge in [0.1, 0.15) is 0 Å². The number of hydroxylamine groups is 1. The van der Waals surface area contributed by atoms with E-state index in [1.807, 2.05) is 0 Å². The first-order chi connectivity index (χ1) is 9.24. The fourth-order valence-electron chi connectivity index (χ4n) is 1.68. The fraction of sp³-hybridized carbons (Fsp3) is 0.0909. The molecule has 0 saturated heterocycles. The van der Waals surface area contributed by atoms with E-state index in [2.05, 4.69) is 9.76 Å². The Kier molecular flexibility index (Phi) is 3.80. The van der Waals surface area contributed by atoms with Gasteiger partial charge in [-0.2, -0.15) is 26.6 Å². The minimum absolute atomic E-state index is 0.0704. The number of fused-ring (bicyclic) bond motifs is 1. The van der Waals surface area contributed by atoms with E-state index in [1.165, 1.54) is 43.4 Å². The van der Waals surface area contributed by atoms with E-state index >= 15 is 0 Å². The van der Waals surface area contributed by atoms with Crippen LogP contribution in [-0.2, 0) is 24.5 Å². The molecule has 0 fully saturated rings. The first-order valence-corrected chi connectivity index (χ1v) is 8.20. The van der Waals surface area contributed by atoms with Crippen molar-refractivity contribution in [2.75, 3.05) is 7.05 Å². The van der Waals surface area contributed by atoms with Crippen LogP contribution in [0.1, 0.15) is 0 Å². The van der Waals surface area contributed by atoms with Crippen molar-refractivity contribution in [1.82, 2.24) is 5.48 Å². The Morgan fingerprint density at radius 1 is 0.950 bits per heavy atom. The SMILES string of the molecule is CNOS(=O)(=O)c1ccc2cc(S(=O)(=O)O)ccc2c1. The number of hydrogen-bond acceptors (Lipinski definition) is 6. The minimum atomic E-state index is -4.29. The summed E-state index contributed by atoms with van der Waals surface area (Å²) in [5.41, 5.74) is 2.08. The van der Waals surface area contributed by atoms with Crippen molar-refractivity contribution in [3.05, 3.63) is 36.4 Å². The highest BCUT2D eigenvalue weighted by molar-refractivity contribution is 7.86. The van der Waals surface area contributed by atoms with Crippen molar-refractivity contribution in [3.8, 4) is 0 Å². The second-order valence-corrected chi connectivity index (χ2v) is 6.86. The first-order valence-electron chi connectivity index (χ1n) is 5.35. The van der Waals surface area contributed by atoms with Crippen molar-refractivity contribution < 1.29 is 25.7 Å². The average molecular weight is 317 g/mol. The molecule has 0 bridgehead atoms. The number of rotatable bonds is 4. The molecule has 0 unspecified atom stereocenters. The molecule has 0 amide bonds. The largest absolute Gasteiger partial charge is 0.312 e. The van der Waals surface area contributed by atoms with Crippen LogP contribution in [0.2, 0.25) is 0 Å². The standard InChI is InChI=1S/C11H11NO6S2/c1-12-18-20(16,17)11-5-3-8-6-10(19(13,14)15)4-2-9(8)7-11/h2-7,12H,1H3,(H,13,14,15). The summed E-state index contributed by atoms with van der Waals surface area (Å²) < 4.78 is 58.8. The van der Waals surface area contributed by atoms with Crippen LogP contribution in [-0.4, -0.2) is 28.4 Å². The molecule has 2 rings (SSSR count). The maximum absolute atomic E-state index is 11.7. The summed E-state index contributed by atoms with van der Waals surface area (Å²) in [5, 5.41) is 0.974. The molecule has 2 N–H and O–H groups in total. The Labute approximate surface area is 116 Å². The second kappa shape index (κ2) is 5.11. The van der Waals surface area contributed by atoms with Crippen LogP contribution in [0.15, 0.2) is 46.2 Å². The molecule has 0 radical (unpaired) electrons. The third-order valence-corrected chi connectivity index (χ3v) is 4.63. The van der Waals surface area contributed by atoms with E-state index < -0.39 is 20.2 Å². The zero-order chi connectivity index (χ0) is 15.0. The summed E-state index contributed by atoms with van der Waals surface area (Å²) in [7, 11) is -6.90. The highest BCUT2D eigenvalue weighted by Gasteiger charge is 2.16. The molecule has 2 aromatic rings. The molecule has 7 nitrogen and oxygen atoms in total. The van der Waals surface area contributed by atoms with E-state index in [9.17, 15) is 16.8 Å². The van der Waals surface area contributed by atoms with Crippen molar-refractivity contribution in [3.63, 3.8) is 0 Å². The van der Waals surface area contributed by atoms with E-state index in [0.29, 0.717) is 10.8 Å². The van der Waals surface area contributed by atoms with Crippen molar-refractivity contribution in [2.24, 2.45) is 0 Å². The highest BCUT2D eigenvalue weighted by Crippen LogP contribution is 2.23. The predicted molar refractivity (Wildman–Crippen MR) is 71.1 cm³/mol. The van der Waals surface area contributed by atoms with Gasteiger partial charge in [-0.15, -0.1) is 0 Å². The van der Waals surface area contributed by atoms with Crippen molar-refractivity contribution in [1.29, 1.82) is 0 Å². The lowest BCUT2D eigenvalue weighted by molar-refractivity contribution is 0.231. The second-order valence-electron chi connectivity index (χ2n) is 3.89. The van der Waals surface area contributed by atoms with E-state index in [-0.39, 0.29) is 9.79 Å². The maximum Gasteiger partial charge on any atom is 0.312 e. The van der Waals surface area contributed by atoms with Gasteiger partial charge >= 0.3 is 10.1 Å². The highest BCUT2D eigenvalue weighted by atomic mass is 32.2. The average Bonchev–Trinajstić information content (AvgIpc) is 2.36. The van der Waals surface area contributed by atoms with E-state index in [1.54, 1.807) is 0 Å². The van der Waals surface area contributed by atoms with Gasteiger partial charge < -0.3 is 0 Å². The van der Waals surface area contributed by atoms with Crippen molar-refractivity contribution in [2.45, 2.75) is 9.79 Å². The molecular formula is C11H11NO6S2. The summed E-state index contributed by atoms with van der Waals surface area (Å²) in [6, 6.07) is 7.89. The Morgan fingerprint density at radius 2 is 1.45 bits per heavy atom. The summed E-state index contributed by atoms with van der Waals surface area (Å²) in [6.07, 6.45) is 0. The van der Waals surface area contributed by atoms with E-state index in [4.69, 9.17) is 4.55 Å². The van der Waals surface area contributed by atoms with Crippen LogP contribution in [0.3, 0.4) is 0 Å². The number of hydrogen-bond donors (Lipinski definition) is 2. The van der Waals surface area contributed by atoms with Crippen LogP contribution in [0.4, 0.5) is 0 Å². The number of nitrogens with one attached hydrogen (secondary N) is 1. The van der Waals surface area contributed by atoms with Gasteiger partial charge in [-0.25, -0.2) is 0 Å². The Hall–Kier alpha value is -1.52. The van der Waals surface area contributed by atoms with Crippen LogP contribution in [0, 0.1) is 0 Å². The molecule has 0 spiro atoms. The lowest BCUT2D eigenvalue weighted by Gasteiger charge is -2.06. The lowest BCUT2D eigenvalue weighted by Crippen LogP contribution is -2.15. The quantitative estimate of drug-likeness (QED) is 0.637. The third kappa shape index (κ3) is 2.97. The lowest BCUT2D eigenvalue weighted by atomic mass is 10.1. The number of benzene rings is 2. The molecule has 0 aromatic heterocycles. The molecule has 0 aliphatic carbocycles. The third-order valence-electron chi connectivity index (χ3n) is 2.56. The van der Waals surface area contributed by atoms with Gasteiger partial charge in [0.05, 0.1) is 9.79 Å². The Morgan fingerprint density at radius 3 is 1.95 bits per heavy atom. The van der Waals surface area contributed by atoms with Gasteiger partial charge in [0.15, 0.2) is 0 Å². The minimum Gasteiger partial charge on any atom is -0.282 e. The summed E-state index contributed by atoms with van der Waals surface area (Å²) in [5.74, 6) is 0. The maximum atomic E-state index is 11.7. The molecular weight excluding hydrogens is 306 g/mol. The predicted octanol–water partition coefficient (Wildman–Crippen LogP) is 0.926. The molecule has 0 heterocycles. The molecule has 0 saturated carbocycles. The zero-order valence-corrected chi connectivity index (χ0v) is 11.9. The van der Waals surface area contributed by atoms with Crippen molar-refractivity contribution >= 4 is 31.0 Å². The van der Waals surface area contributed by atoms with Gasteiger partial charge in [0.2, 0.25) is 0 Å². The van der Waals surface area contributed by atoms with Crippen LogP contribution in [0.25, 0.3) is 10.8 Å². The van der Waals surface area contributed by atoms with Crippen LogP contribution in [0.5, 0.6) is 0 Å².